The fourth-order valence-corrected chi connectivity index (χ4v) is 3.84. The number of aromatic nitrogens is 4. The molecule has 0 amide bonds. The number of anilines is 2. The topological polar surface area (TPSA) is 87.2 Å². The van der Waals surface area contributed by atoms with Crippen molar-refractivity contribution in [3.05, 3.63) is 41.3 Å². The largest absolute Gasteiger partial charge is 0.467 e. The highest BCUT2D eigenvalue weighted by Gasteiger charge is 2.35. The molecule has 0 saturated carbocycles. The zero-order valence-corrected chi connectivity index (χ0v) is 16.5. The molecule has 0 aliphatic carbocycles. The van der Waals surface area contributed by atoms with Crippen molar-refractivity contribution >= 4 is 40.1 Å². The molecule has 146 valence electrons. The summed E-state index contributed by atoms with van der Waals surface area (Å²) < 4.78 is 5.10. The van der Waals surface area contributed by atoms with Crippen LogP contribution in [0.3, 0.4) is 0 Å². The minimum atomic E-state index is -0.504. The van der Waals surface area contributed by atoms with Crippen LogP contribution in [-0.2, 0) is 16.0 Å². The van der Waals surface area contributed by atoms with Crippen LogP contribution in [0.15, 0.2) is 30.6 Å². The highest BCUT2D eigenvalue weighted by atomic mass is 35.5. The molecule has 1 aliphatic heterocycles. The van der Waals surface area contributed by atoms with Gasteiger partial charge in [0.15, 0.2) is 5.65 Å². The van der Waals surface area contributed by atoms with E-state index in [1.54, 1.807) is 0 Å². The maximum absolute atomic E-state index is 12.6. The van der Waals surface area contributed by atoms with Gasteiger partial charge in [0, 0.05) is 36.0 Å². The van der Waals surface area contributed by atoms with E-state index in [1.165, 1.54) is 13.4 Å². The number of hydrogen-bond donors (Lipinski definition) is 1. The SMILES string of the molecule is CCc1[nH]nc2ncnc(N3CCN(c4cccc(Cl)c4)CC3C(=O)OC)c12. The van der Waals surface area contributed by atoms with E-state index in [0.717, 1.165) is 29.7 Å². The van der Waals surface area contributed by atoms with Gasteiger partial charge in [-0.15, -0.1) is 0 Å². The molecule has 2 aromatic heterocycles. The van der Waals surface area contributed by atoms with Crippen LogP contribution in [0, 0.1) is 0 Å². The summed E-state index contributed by atoms with van der Waals surface area (Å²) in [7, 11) is 1.41. The minimum absolute atomic E-state index is 0.306. The van der Waals surface area contributed by atoms with Gasteiger partial charge in [0.1, 0.15) is 18.2 Å². The second kappa shape index (κ2) is 7.63. The number of carbonyl (C=O) groups excluding carboxylic acids is 1. The lowest BCUT2D eigenvalue weighted by atomic mass is 10.1. The first-order valence-electron chi connectivity index (χ1n) is 9.15. The van der Waals surface area contributed by atoms with Gasteiger partial charge in [-0.3, -0.25) is 5.10 Å². The van der Waals surface area contributed by atoms with E-state index >= 15 is 0 Å². The highest BCUT2D eigenvalue weighted by molar-refractivity contribution is 6.30. The molecular formula is C19H21ClN6O2. The summed E-state index contributed by atoms with van der Waals surface area (Å²) in [6.45, 7) is 3.84. The Bertz CT molecular complexity index is 1010. The second-order valence-corrected chi connectivity index (χ2v) is 7.05. The molecule has 9 heteroatoms. The van der Waals surface area contributed by atoms with Gasteiger partial charge in [-0.05, 0) is 24.6 Å². The van der Waals surface area contributed by atoms with Crippen molar-refractivity contribution in [3.63, 3.8) is 0 Å². The number of H-pyrrole nitrogens is 1. The molecule has 28 heavy (non-hydrogen) atoms. The Balaban J connectivity index is 1.72. The maximum atomic E-state index is 12.6. The van der Waals surface area contributed by atoms with E-state index in [0.29, 0.717) is 29.6 Å². The lowest BCUT2D eigenvalue weighted by molar-refractivity contribution is -0.142. The molecule has 3 heterocycles. The van der Waals surface area contributed by atoms with Crippen LogP contribution in [0.4, 0.5) is 11.5 Å². The third-order valence-corrected chi connectivity index (χ3v) is 5.29. The molecule has 0 bridgehead atoms. The number of fused-ring (bicyclic) bond motifs is 1. The third kappa shape index (κ3) is 3.24. The van der Waals surface area contributed by atoms with Gasteiger partial charge in [0.05, 0.1) is 12.5 Å². The predicted octanol–water partition coefficient (Wildman–Crippen LogP) is 2.44. The minimum Gasteiger partial charge on any atom is -0.467 e. The van der Waals surface area contributed by atoms with Crippen molar-refractivity contribution in [2.24, 2.45) is 0 Å². The Morgan fingerprint density at radius 1 is 1.36 bits per heavy atom. The van der Waals surface area contributed by atoms with Crippen molar-refractivity contribution in [2.75, 3.05) is 36.5 Å². The molecule has 1 fully saturated rings. The number of halogens is 1. The Hall–Kier alpha value is -2.87. The van der Waals surface area contributed by atoms with Crippen LogP contribution < -0.4 is 9.80 Å². The van der Waals surface area contributed by atoms with Crippen LogP contribution in [0.1, 0.15) is 12.6 Å². The normalized spacial score (nSPS) is 17.2. The summed E-state index contributed by atoms with van der Waals surface area (Å²) in [5.74, 6) is 0.400. The molecule has 4 rings (SSSR count). The van der Waals surface area contributed by atoms with Gasteiger partial charge in [0.2, 0.25) is 0 Å². The maximum Gasteiger partial charge on any atom is 0.330 e. The number of hydrogen-bond acceptors (Lipinski definition) is 7. The Morgan fingerprint density at radius 2 is 2.21 bits per heavy atom. The lowest BCUT2D eigenvalue weighted by Gasteiger charge is -2.41. The van der Waals surface area contributed by atoms with Crippen LogP contribution >= 0.6 is 11.6 Å². The molecule has 1 saturated heterocycles. The van der Waals surface area contributed by atoms with E-state index in [1.807, 2.05) is 36.1 Å². The number of benzene rings is 1. The molecule has 0 spiro atoms. The Kier molecular flexibility index (Phi) is 5.04. The van der Waals surface area contributed by atoms with Crippen LogP contribution in [0.5, 0.6) is 0 Å². The van der Waals surface area contributed by atoms with Crippen molar-refractivity contribution in [1.82, 2.24) is 20.2 Å². The fraction of sp³-hybridized carbons (Fsp3) is 0.368. The van der Waals surface area contributed by atoms with Crippen molar-refractivity contribution in [2.45, 2.75) is 19.4 Å². The first-order valence-corrected chi connectivity index (χ1v) is 9.53. The summed E-state index contributed by atoms with van der Waals surface area (Å²) in [6, 6.07) is 7.13. The fourth-order valence-electron chi connectivity index (χ4n) is 3.65. The number of rotatable bonds is 4. The van der Waals surface area contributed by atoms with E-state index in [4.69, 9.17) is 16.3 Å². The van der Waals surface area contributed by atoms with Gasteiger partial charge < -0.3 is 14.5 Å². The average molecular weight is 401 g/mol. The molecule has 1 aromatic carbocycles. The van der Waals surface area contributed by atoms with Gasteiger partial charge in [-0.2, -0.15) is 5.10 Å². The predicted molar refractivity (Wildman–Crippen MR) is 108 cm³/mol. The molecule has 1 N–H and O–H groups in total. The number of aryl methyl sites for hydroxylation is 1. The van der Waals surface area contributed by atoms with E-state index in [2.05, 4.69) is 25.1 Å². The summed E-state index contributed by atoms with van der Waals surface area (Å²) in [4.78, 5) is 25.5. The van der Waals surface area contributed by atoms with Crippen LogP contribution in [-0.4, -0.2) is 58.9 Å². The Morgan fingerprint density at radius 3 is 2.96 bits per heavy atom. The number of nitrogens with zero attached hydrogens (tertiary/aromatic N) is 5. The molecule has 1 atom stereocenters. The van der Waals surface area contributed by atoms with Crippen LogP contribution in [0.25, 0.3) is 11.0 Å². The van der Waals surface area contributed by atoms with Crippen molar-refractivity contribution in [1.29, 1.82) is 0 Å². The number of methoxy groups -OCH3 is 1. The number of aromatic amines is 1. The molecular weight excluding hydrogens is 380 g/mol. The molecule has 3 aromatic rings. The molecule has 0 radical (unpaired) electrons. The first-order chi connectivity index (χ1) is 13.6. The summed E-state index contributed by atoms with van der Waals surface area (Å²) in [5.41, 5.74) is 2.53. The zero-order valence-electron chi connectivity index (χ0n) is 15.7. The molecule has 1 unspecified atom stereocenters. The standard InChI is InChI=1S/C19H21ClN6O2/c1-3-14-16-17(24-23-14)21-11-22-18(16)26-8-7-25(10-15(26)19(27)28-2)13-6-4-5-12(20)9-13/h4-6,9,11,15H,3,7-8,10H2,1-2H3,(H,21,22,23,24). The zero-order chi connectivity index (χ0) is 19.7. The van der Waals surface area contributed by atoms with E-state index < -0.39 is 6.04 Å². The highest BCUT2D eigenvalue weighted by Crippen LogP contribution is 2.30. The number of carbonyl (C=O) groups is 1. The van der Waals surface area contributed by atoms with Gasteiger partial charge in [-0.25, -0.2) is 14.8 Å². The van der Waals surface area contributed by atoms with E-state index in [9.17, 15) is 4.79 Å². The van der Waals surface area contributed by atoms with Crippen molar-refractivity contribution in [3.8, 4) is 0 Å². The van der Waals surface area contributed by atoms with Crippen molar-refractivity contribution < 1.29 is 9.53 Å². The smallest absolute Gasteiger partial charge is 0.330 e. The summed E-state index contributed by atoms with van der Waals surface area (Å²) in [5, 5.41) is 8.81. The Labute approximate surface area is 167 Å². The third-order valence-electron chi connectivity index (χ3n) is 5.06. The van der Waals surface area contributed by atoms with Gasteiger partial charge in [0.25, 0.3) is 0 Å². The number of piperazine rings is 1. The molecule has 8 nitrogen and oxygen atoms in total. The first kappa shape index (κ1) is 18.5. The monoisotopic (exact) mass is 400 g/mol. The average Bonchev–Trinajstić information content (AvgIpc) is 3.16. The molecule has 1 aliphatic rings. The lowest BCUT2D eigenvalue weighted by Crippen LogP contribution is -2.57. The summed E-state index contributed by atoms with van der Waals surface area (Å²) in [6.07, 6.45) is 2.25. The summed E-state index contributed by atoms with van der Waals surface area (Å²) >= 11 is 6.15. The van der Waals surface area contributed by atoms with Crippen LogP contribution in [0.2, 0.25) is 5.02 Å². The number of nitrogens with one attached hydrogen (secondary N) is 1. The van der Waals surface area contributed by atoms with E-state index in [-0.39, 0.29) is 5.97 Å². The number of ether oxygens (including phenoxy) is 1. The second-order valence-electron chi connectivity index (χ2n) is 6.61. The number of esters is 1. The van der Waals surface area contributed by atoms with Gasteiger partial charge in [-0.1, -0.05) is 24.6 Å². The van der Waals surface area contributed by atoms with Gasteiger partial charge >= 0.3 is 5.97 Å². The quantitative estimate of drug-likeness (QED) is 0.673.